The van der Waals surface area contributed by atoms with Gasteiger partial charge in [0.15, 0.2) is 0 Å². The zero-order valence-corrected chi connectivity index (χ0v) is 15.6. The third-order valence-electron chi connectivity index (χ3n) is 5.51. The summed E-state index contributed by atoms with van der Waals surface area (Å²) in [6.07, 6.45) is 3.11. The van der Waals surface area contributed by atoms with Crippen LogP contribution >= 0.6 is 11.6 Å². The van der Waals surface area contributed by atoms with Crippen molar-refractivity contribution in [1.82, 2.24) is 9.80 Å². The molecule has 2 aromatic rings. The number of nitrogens with zero attached hydrogens (tertiary/aromatic N) is 2. The number of nitrogens with one attached hydrogen (secondary N) is 1. The predicted octanol–water partition coefficient (Wildman–Crippen LogP) is 4.39. The molecule has 26 heavy (non-hydrogen) atoms. The lowest BCUT2D eigenvalue weighted by molar-refractivity contribution is 0.122. The van der Waals surface area contributed by atoms with E-state index in [-0.39, 0.29) is 12.1 Å². The number of hydrogen-bond acceptors (Lipinski definition) is 2. The lowest BCUT2D eigenvalue weighted by Crippen LogP contribution is -2.50. The number of amides is 2. The van der Waals surface area contributed by atoms with Gasteiger partial charge in [-0.15, -0.1) is 0 Å². The van der Waals surface area contributed by atoms with Crippen LogP contribution in [-0.2, 0) is 13.0 Å². The third kappa shape index (κ3) is 3.71. The number of anilines is 1. The Bertz CT molecular complexity index is 772. The minimum Gasteiger partial charge on any atom is -0.317 e. The van der Waals surface area contributed by atoms with Crippen molar-refractivity contribution in [1.29, 1.82) is 0 Å². The second-order valence-electron chi connectivity index (χ2n) is 7.13. The number of fused-ring (bicyclic) bond motifs is 1. The average molecular weight is 370 g/mol. The number of carbonyl (C=O) groups excluding carboxylic acids is 1. The van der Waals surface area contributed by atoms with Gasteiger partial charge in [-0.1, -0.05) is 48.0 Å². The molecule has 0 spiro atoms. The summed E-state index contributed by atoms with van der Waals surface area (Å²) in [7, 11) is 0. The van der Waals surface area contributed by atoms with Crippen LogP contribution < -0.4 is 5.32 Å². The molecule has 0 aromatic heterocycles. The molecule has 4 nitrogen and oxygen atoms in total. The summed E-state index contributed by atoms with van der Waals surface area (Å²) in [5.74, 6) is 0. The van der Waals surface area contributed by atoms with Gasteiger partial charge in [0.1, 0.15) is 0 Å². The smallest absolute Gasteiger partial charge is 0.317 e. The van der Waals surface area contributed by atoms with E-state index in [9.17, 15) is 4.79 Å². The Kier molecular flexibility index (Phi) is 5.14. The van der Waals surface area contributed by atoms with Gasteiger partial charge in [0, 0.05) is 41.9 Å². The quantitative estimate of drug-likeness (QED) is 0.867. The predicted molar refractivity (Wildman–Crippen MR) is 106 cm³/mol. The molecule has 0 saturated carbocycles. The monoisotopic (exact) mass is 369 g/mol. The van der Waals surface area contributed by atoms with Crippen molar-refractivity contribution in [2.45, 2.75) is 31.8 Å². The highest BCUT2D eigenvalue weighted by Crippen LogP contribution is 2.32. The summed E-state index contributed by atoms with van der Waals surface area (Å²) < 4.78 is 0. The lowest BCUT2D eigenvalue weighted by Gasteiger charge is -2.40. The molecule has 4 rings (SSSR count). The first-order chi connectivity index (χ1) is 12.7. The van der Waals surface area contributed by atoms with Crippen LogP contribution in [0.25, 0.3) is 0 Å². The van der Waals surface area contributed by atoms with Crippen molar-refractivity contribution in [3.05, 3.63) is 64.7 Å². The van der Waals surface area contributed by atoms with E-state index in [4.69, 9.17) is 11.6 Å². The maximum atomic E-state index is 12.5. The maximum Gasteiger partial charge on any atom is 0.322 e. The summed E-state index contributed by atoms with van der Waals surface area (Å²) >= 11 is 6.33. The molecule has 1 fully saturated rings. The number of benzene rings is 2. The van der Waals surface area contributed by atoms with E-state index in [2.05, 4.69) is 40.5 Å². The molecule has 2 aliphatic heterocycles. The van der Waals surface area contributed by atoms with Gasteiger partial charge >= 0.3 is 6.03 Å². The van der Waals surface area contributed by atoms with Crippen LogP contribution in [0.1, 0.15) is 24.0 Å². The first-order valence-corrected chi connectivity index (χ1v) is 9.70. The minimum atomic E-state index is 0.00232. The summed E-state index contributed by atoms with van der Waals surface area (Å²) in [6, 6.07) is 16.6. The summed E-state index contributed by atoms with van der Waals surface area (Å²) in [5, 5.41) is 3.72. The SMILES string of the molecule is O=C1Nc2cccc(Cl)c2CN1C1CCN(CCc2ccccc2)CC1. The Morgan fingerprint density at radius 3 is 2.58 bits per heavy atom. The van der Waals surface area contributed by atoms with Crippen LogP contribution in [0.2, 0.25) is 5.02 Å². The fourth-order valence-electron chi connectivity index (χ4n) is 3.95. The van der Waals surface area contributed by atoms with Crippen molar-refractivity contribution in [3.8, 4) is 0 Å². The Morgan fingerprint density at radius 2 is 1.81 bits per heavy atom. The Labute approximate surface area is 159 Å². The van der Waals surface area contributed by atoms with E-state index in [1.54, 1.807) is 0 Å². The first-order valence-electron chi connectivity index (χ1n) is 9.32. The van der Waals surface area contributed by atoms with E-state index in [1.165, 1.54) is 5.56 Å². The summed E-state index contributed by atoms with van der Waals surface area (Å²) in [4.78, 5) is 17.0. The fourth-order valence-corrected chi connectivity index (χ4v) is 4.18. The second kappa shape index (κ2) is 7.68. The molecule has 1 N–H and O–H groups in total. The van der Waals surface area contributed by atoms with Crippen LogP contribution in [0.15, 0.2) is 48.5 Å². The van der Waals surface area contributed by atoms with Crippen LogP contribution in [0, 0.1) is 0 Å². The Hall–Kier alpha value is -2.04. The number of hydrogen-bond donors (Lipinski definition) is 1. The molecule has 2 aliphatic rings. The van der Waals surface area contributed by atoms with Gasteiger partial charge in [0.2, 0.25) is 0 Å². The van der Waals surface area contributed by atoms with Gasteiger partial charge in [-0.2, -0.15) is 0 Å². The molecule has 0 bridgehead atoms. The molecule has 0 aliphatic carbocycles. The van der Waals surface area contributed by atoms with Crippen molar-refractivity contribution >= 4 is 23.3 Å². The minimum absolute atomic E-state index is 0.00232. The molecule has 2 heterocycles. The number of urea groups is 1. The highest BCUT2D eigenvalue weighted by molar-refractivity contribution is 6.32. The number of rotatable bonds is 4. The largest absolute Gasteiger partial charge is 0.322 e. The van der Waals surface area contributed by atoms with Gasteiger partial charge in [0.25, 0.3) is 0 Å². The highest BCUT2D eigenvalue weighted by atomic mass is 35.5. The van der Waals surface area contributed by atoms with Gasteiger partial charge in [-0.25, -0.2) is 4.79 Å². The number of carbonyl (C=O) groups is 1. The van der Waals surface area contributed by atoms with Crippen LogP contribution in [-0.4, -0.2) is 41.5 Å². The Balaban J connectivity index is 1.33. The molecule has 5 heteroatoms. The zero-order valence-electron chi connectivity index (χ0n) is 14.8. The molecule has 0 unspecified atom stereocenters. The molecule has 0 atom stereocenters. The standard InChI is InChI=1S/C21H24ClN3O/c22-19-7-4-8-20-18(19)15-25(21(26)23-20)17-10-13-24(14-11-17)12-9-16-5-2-1-3-6-16/h1-8,17H,9-15H2,(H,23,26). The summed E-state index contributed by atoms with van der Waals surface area (Å²) in [6.45, 7) is 3.76. The number of piperidine rings is 1. The topological polar surface area (TPSA) is 35.6 Å². The number of likely N-dealkylation sites (tertiary alicyclic amines) is 1. The molecular formula is C21H24ClN3O. The van der Waals surface area contributed by atoms with E-state index in [0.717, 1.165) is 55.2 Å². The molecule has 2 aromatic carbocycles. The van der Waals surface area contributed by atoms with Gasteiger partial charge in [-0.05, 0) is 37.0 Å². The molecule has 2 amide bonds. The van der Waals surface area contributed by atoms with Crippen molar-refractivity contribution in [3.63, 3.8) is 0 Å². The van der Waals surface area contributed by atoms with Crippen LogP contribution in [0.4, 0.5) is 10.5 Å². The third-order valence-corrected chi connectivity index (χ3v) is 5.86. The van der Waals surface area contributed by atoms with Crippen molar-refractivity contribution < 1.29 is 4.79 Å². The molecule has 1 saturated heterocycles. The lowest BCUT2D eigenvalue weighted by atomic mass is 10.0. The van der Waals surface area contributed by atoms with Gasteiger partial charge in [0.05, 0.1) is 6.54 Å². The van der Waals surface area contributed by atoms with Crippen molar-refractivity contribution in [2.24, 2.45) is 0 Å². The van der Waals surface area contributed by atoms with E-state index >= 15 is 0 Å². The summed E-state index contributed by atoms with van der Waals surface area (Å²) in [5.41, 5.74) is 3.26. The number of halogens is 1. The van der Waals surface area contributed by atoms with Crippen LogP contribution in [0.3, 0.4) is 0 Å². The zero-order chi connectivity index (χ0) is 17.9. The maximum absolute atomic E-state index is 12.5. The molecule has 0 radical (unpaired) electrons. The highest BCUT2D eigenvalue weighted by Gasteiger charge is 2.32. The van der Waals surface area contributed by atoms with Crippen molar-refractivity contribution in [2.75, 3.05) is 25.0 Å². The van der Waals surface area contributed by atoms with Crippen LogP contribution in [0.5, 0.6) is 0 Å². The van der Waals surface area contributed by atoms with E-state index in [0.29, 0.717) is 6.54 Å². The van der Waals surface area contributed by atoms with Gasteiger partial charge in [-0.3, -0.25) is 0 Å². The van der Waals surface area contributed by atoms with E-state index in [1.807, 2.05) is 23.1 Å². The molecule has 136 valence electrons. The second-order valence-corrected chi connectivity index (χ2v) is 7.54. The Morgan fingerprint density at radius 1 is 1.04 bits per heavy atom. The fraction of sp³-hybridized carbons (Fsp3) is 0.381. The van der Waals surface area contributed by atoms with E-state index < -0.39 is 0 Å². The normalized spacial score (nSPS) is 18.5. The first kappa shape index (κ1) is 17.4. The molecular weight excluding hydrogens is 346 g/mol. The van der Waals surface area contributed by atoms with Gasteiger partial charge < -0.3 is 15.1 Å². The average Bonchev–Trinajstić information content (AvgIpc) is 2.67.